The molecule has 0 spiro atoms. The summed E-state index contributed by atoms with van der Waals surface area (Å²) < 4.78 is 6.71. The Balaban J connectivity index is 2.01. The van der Waals surface area contributed by atoms with Crippen LogP contribution in [0.5, 0.6) is 5.75 Å². The minimum atomic E-state index is -0.966. The molecule has 0 aliphatic rings. The maximum atomic E-state index is 10.5. The number of aliphatic carboxylic acids is 1. The molecule has 2 aromatic rings. The summed E-state index contributed by atoms with van der Waals surface area (Å²) in [4.78, 5) is 10.5. The van der Waals surface area contributed by atoms with E-state index in [2.05, 4.69) is 15.9 Å². The molecule has 0 bridgehead atoms. The zero-order valence-corrected chi connectivity index (χ0v) is 12.2. The lowest BCUT2D eigenvalue weighted by molar-refractivity contribution is -0.131. The molecule has 1 N–H and O–H groups in total. The number of ether oxygens (including phenoxy) is 1. The molecule has 0 aliphatic heterocycles. The Labute approximate surface area is 125 Å². The van der Waals surface area contributed by atoms with Gasteiger partial charge in [0.05, 0.1) is 0 Å². The number of carbonyl (C=O) groups is 1. The van der Waals surface area contributed by atoms with Crippen molar-refractivity contribution in [1.82, 2.24) is 0 Å². The zero-order valence-electron chi connectivity index (χ0n) is 10.6. The topological polar surface area (TPSA) is 46.5 Å². The van der Waals surface area contributed by atoms with Gasteiger partial charge in [0.1, 0.15) is 12.4 Å². The molecule has 2 aromatic carbocycles. The maximum Gasteiger partial charge on any atom is 0.328 e. The predicted octanol–water partition coefficient (Wildman–Crippen LogP) is 4.13. The van der Waals surface area contributed by atoms with Crippen LogP contribution in [0.2, 0.25) is 0 Å². The molecule has 3 nitrogen and oxygen atoms in total. The third-order valence-corrected chi connectivity index (χ3v) is 3.12. The molecule has 0 fully saturated rings. The number of benzene rings is 2. The van der Waals surface area contributed by atoms with Crippen LogP contribution in [0.4, 0.5) is 0 Å². The van der Waals surface area contributed by atoms with E-state index in [0.29, 0.717) is 12.4 Å². The molecule has 20 heavy (non-hydrogen) atoms. The van der Waals surface area contributed by atoms with Gasteiger partial charge in [-0.3, -0.25) is 0 Å². The lowest BCUT2D eigenvalue weighted by Gasteiger charge is -2.07. The summed E-state index contributed by atoms with van der Waals surface area (Å²) in [6, 6.07) is 15.2. The lowest BCUT2D eigenvalue weighted by atomic mass is 10.2. The Hall–Kier alpha value is -2.07. The van der Waals surface area contributed by atoms with Gasteiger partial charge in [-0.2, -0.15) is 0 Å². The molecule has 102 valence electrons. The van der Waals surface area contributed by atoms with Crippen LogP contribution in [0.1, 0.15) is 11.1 Å². The fourth-order valence-electron chi connectivity index (χ4n) is 1.62. The fraction of sp³-hybridized carbons (Fsp3) is 0.0625. The third-order valence-electron chi connectivity index (χ3n) is 2.60. The molecule has 0 aliphatic carbocycles. The number of rotatable bonds is 5. The van der Waals surface area contributed by atoms with Crippen molar-refractivity contribution < 1.29 is 14.6 Å². The molecule has 0 saturated carbocycles. The second-order valence-corrected chi connectivity index (χ2v) is 5.07. The van der Waals surface area contributed by atoms with Gasteiger partial charge in [0.25, 0.3) is 0 Å². The minimum Gasteiger partial charge on any atom is -0.489 e. The first-order valence-electron chi connectivity index (χ1n) is 6.02. The Kier molecular flexibility index (Phi) is 4.96. The number of carboxylic acid groups (broad SMARTS) is 1. The highest BCUT2D eigenvalue weighted by molar-refractivity contribution is 9.10. The Morgan fingerprint density at radius 3 is 2.65 bits per heavy atom. The normalized spacial score (nSPS) is 10.7. The molecular weight excluding hydrogens is 320 g/mol. The summed E-state index contributed by atoms with van der Waals surface area (Å²) in [6.45, 7) is 0.472. The quantitative estimate of drug-likeness (QED) is 0.837. The summed E-state index contributed by atoms with van der Waals surface area (Å²) in [6.07, 6.45) is 2.64. The SMILES string of the molecule is O=C(O)C=Cc1cccc(OCc2ccc(Br)cc2)c1. The molecule has 0 radical (unpaired) electrons. The van der Waals surface area contributed by atoms with Crippen molar-refractivity contribution in [2.45, 2.75) is 6.61 Å². The fourth-order valence-corrected chi connectivity index (χ4v) is 1.89. The number of halogens is 1. The van der Waals surface area contributed by atoms with Crippen molar-refractivity contribution in [2.24, 2.45) is 0 Å². The Bertz CT molecular complexity index is 618. The first-order chi connectivity index (χ1) is 9.63. The second kappa shape index (κ2) is 6.91. The summed E-state index contributed by atoms with van der Waals surface area (Å²) in [5, 5.41) is 8.60. The van der Waals surface area contributed by atoms with Gasteiger partial charge in [0.2, 0.25) is 0 Å². The smallest absolute Gasteiger partial charge is 0.328 e. The van der Waals surface area contributed by atoms with E-state index >= 15 is 0 Å². The molecular formula is C16H13BrO3. The Morgan fingerprint density at radius 2 is 1.95 bits per heavy atom. The van der Waals surface area contributed by atoms with E-state index in [-0.39, 0.29) is 0 Å². The Morgan fingerprint density at radius 1 is 1.20 bits per heavy atom. The highest BCUT2D eigenvalue weighted by Gasteiger charge is 1.98. The van der Waals surface area contributed by atoms with E-state index < -0.39 is 5.97 Å². The van der Waals surface area contributed by atoms with Crippen LogP contribution in [-0.4, -0.2) is 11.1 Å². The summed E-state index contributed by atoms with van der Waals surface area (Å²) in [5.41, 5.74) is 1.86. The average molecular weight is 333 g/mol. The molecule has 0 amide bonds. The van der Waals surface area contributed by atoms with Gasteiger partial charge in [-0.05, 0) is 41.5 Å². The lowest BCUT2D eigenvalue weighted by Crippen LogP contribution is -1.95. The van der Waals surface area contributed by atoms with E-state index in [9.17, 15) is 4.79 Å². The number of hydrogen-bond donors (Lipinski definition) is 1. The van der Waals surface area contributed by atoms with E-state index in [1.54, 1.807) is 6.07 Å². The van der Waals surface area contributed by atoms with Crippen molar-refractivity contribution in [2.75, 3.05) is 0 Å². The maximum absolute atomic E-state index is 10.5. The largest absolute Gasteiger partial charge is 0.489 e. The monoisotopic (exact) mass is 332 g/mol. The summed E-state index contributed by atoms with van der Waals surface area (Å²) >= 11 is 3.38. The van der Waals surface area contributed by atoms with Gasteiger partial charge in [0.15, 0.2) is 0 Å². The molecule has 0 atom stereocenters. The van der Waals surface area contributed by atoms with Crippen molar-refractivity contribution >= 4 is 28.0 Å². The van der Waals surface area contributed by atoms with Crippen LogP contribution >= 0.6 is 15.9 Å². The van der Waals surface area contributed by atoms with Gasteiger partial charge in [-0.1, -0.05) is 40.2 Å². The van der Waals surface area contributed by atoms with Crippen molar-refractivity contribution in [3.63, 3.8) is 0 Å². The van der Waals surface area contributed by atoms with Crippen molar-refractivity contribution in [3.05, 3.63) is 70.2 Å². The van der Waals surface area contributed by atoms with Crippen LogP contribution in [0, 0.1) is 0 Å². The average Bonchev–Trinajstić information content (AvgIpc) is 2.45. The number of hydrogen-bond acceptors (Lipinski definition) is 2. The van der Waals surface area contributed by atoms with Gasteiger partial charge in [-0.25, -0.2) is 4.79 Å². The first-order valence-corrected chi connectivity index (χ1v) is 6.81. The van der Waals surface area contributed by atoms with Crippen molar-refractivity contribution in [1.29, 1.82) is 0 Å². The van der Waals surface area contributed by atoms with Gasteiger partial charge in [-0.15, -0.1) is 0 Å². The van der Waals surface area contributed by atoms with Crippen LogP contribution in [0.15, 0.2) is 59.1 Å². The van der Waals surface area contributed by atoms with Gasteiger partial charge < -0.3 is 9.84 Å². The van der Waals surface area contributed by atoms with Crippen LogP contribution in [0.3, 0.4) is 0 Å². The van der Waals surface area contributed by atoms with E-state index in [0.717, 1.165) is 21.7 Å². The highest BCUT2D eigenvalue weighted by atomic mass is 79.9. The van der Waals surface area contributed by atoms with Crippen LogP contribution in [0.25, 0.3) is 6.08 Å². The third kappa shape index (κ3) is 4.55. The summed E-state index contributed by atoms with van der Waals surface area (Å²) in [5.74, 6) is -0.258. The molecule has 4 heteroatoms. The van der Waals surface area contributed by atoms with E-state index in [1.165, 1.54) is 6.08 Å². The molecule has 0 aromatic heterocycles. The van der Waals surface area contributed by atoms with Crippen LogP contribution in [-0.2, 0) is 11.4 Å². The molecule has 0 unspecified atom stereocenters. The first kappa shape index (κ1) is 14.3. The van der Waals surface area contributed by atoms with Gasteiger partial charge >= 0.3 is 5.97 Å². The predicted molar refractivity (Wildman–Crippen MR) is 81.6 cm³/mol. The zero-order chi connectivity index (χ0) is 14.4. The second-order valence-electron chi connectivity index (χ2n) is 4.16. The van der Waals surface area contributed by atoms with Crippen molar-refractivity contribution in [3.8, 4) is 5.75 Å². The number of carboxylic acids is 1. The van der Waals surface area contributed by atoms with Crippen LogP contribution < -0.4 is 4.74 Å². The molecule has 0 saturated heterocycles. The highest BCUT2D eigenvalue weighted by Crippen LogP contribution is 2.17. The van der Waals surface area contributed by atoms with E-state index in [1.807, 2.05) is 42.5 Å². The molecule has 2 rings (SSSR count). The van der Waals surface area contributed by atoms with Gasteiger partial charge in [0, 0.05) is 10.5 Å². The summed E-state index contributed by atoms with van der Waals surface area (Å²) in [7, 11) is 0. The minimum absolute atomic E-state index is 0.472. The standard InChI is InChI=1S/C16H13BrO3/c17-14-7-4-13(5-8-14)11-20-15-3-1-2-12(10-15)6-9-16(18)19/h1-10H,11H2,(H,18,19). The van der Waals surface area contributed by atoms with E-state index in [4.69, 9.17) is 9.84 Å². The molecule has 0 heterocycles.